The summed E-state index contributed by atoms with van der Waals surface area (Å²) in [4.78, 5) is 31.4. The first-order valence-corrected chi connectivity index (χ1v) is 10.2. The van der Waals surface area contributed by atoms with Gasteiger partial charge in [-0.15, -0.1) is 0 Å². The average Bonchev–Trinajstić information content (AvgIpc) is 3.21. The van der Waals surface area contributed by atoms with Gasteiger partial charge in [0.05, 0.1) is 0 Å². The Bertz CT molecular complexity index is 650. The van der Waals surface area contributed by atoms with Crippen molar-refractivity contribution in [2.45, 2.75) is 32.7 Å². The van der Waals surface area contributed by atoms with E-state index in [9.17, 15) is 9.59 Å². The van der Waals surface area contributed by atoms with Crippen LogP contribution in [0.25, 0.3) is 0 Å². The van der Waals surface area contributed by atoms with Gasteiger partial charge in [0, 0.05) is 50.0 Å². The zero-order valence-electron chi connectivity index (χ0n) is 16.2. The number of halogens is 1. The highest BCUT2D eigenvalue weighted by molar-refractivity contribution is 6.30. The van der Waals surface area contributed by atoms with E-state index < -0.39 is 6.04 Å². The van der Waals surface area contributed by atoms with Crippen LogP contribution >= 0.6 is 11.6 Å². The van der Waals surface area contributed by atoms with E-state index in [0.29, 0.717) is 13.1 Å². The molecule has 1 aromatic carbocycles. The maximum absolute atomic E-state index is 12.7. The van der Waals surface area contributed by atoms with Crippen molar-refractivity contribution in [2.75, 3.05) is 44.2 Å². The molecule has 148 valence electrons. The van der Waals surface area contributed by atoms with Crippen LogP contribution in [0.5, 0.6) is 0 Å². The number of urea groups is 1. The average molecular weight is 393 g/mol. The van der Waals surface area contributed by atoms with Gasteiger partial charge in [-0.25, -0.2) is 4.79 Å². The number of amides is 3. The topological polar surface area (TPSA) is 55.9 Å². The third kappa shape index (κ3) is 4.86. The number of benzene rings is 1. The Morgan fingerprint density at radius 1 is 0.926 bits per heavy atom. The number of anilines is 1. The van der Waals surface area contributed by atoms with Crippen molar-refractivity contribution >= 4 is 29.2 Å². The third-order valence-electron chi connectivity index (χ3n) is 5.39. The van der Waals surface area contributed by atoms with Crippen LogP contribution < -0.4 is 10.2 Å². The van der Waals surface area contributed by atoms with Gasteiger partial charge in [-0.2, -0.15) is 0 Å². The lowest BCUT2D eigenvalue weighted by atomic mass is 10.0. The molecule has 1 N–H and O–H groups in total. The van der Waals surface area contributed by atoms with Crippen molar-refractivity contribution < 1.29 is 9.59 Å². The molecule has 1 aromatic rings. The summed E-state index contributed by atoms with van der Waals surface area (Å²) in [6.45, 7) is 8.38. The molecule has 2 saturated heterocycles. The Labute approximate surface area is 166 Å². The van der Waals surface area contributed by atoms with Crippen molar-refractivity contribution in [3.63, 3.8) is 0 Å². The Morgan fingerprint density at radius 3 is 2.07 bits per heavy atom. The molecule has 27 heavy (non-hydrogen) atoms. The van der Waals surface area contributed by atoms with E-state index in [-0.39, 0.29) is 17.9 Å². The lowest BCUT2D eigenvalue weighted by Gasteiger charge is -2.37. The summed E-state index contributed by atoms with van der Waals surface area (Å²) < 4.78 is 0. The molecule has 0 aliphatic carbocycles. The van der Waals surface area contributed by atoms with Gasteiger partial charge in [0.2, 0.25) is 5.91 Å². The standard InChI is InChI=1S/C20H29ClN4O2/c1-15(2)18(19(26)24-9-3-4-10-24)22-20(27)25-13-11-23(12-14-25)17-7-5-16(21)6-8-17/h5-8,15,18H,3-4,9-14H2,1-2H3,(H,22,27)/t18-/m0/s1. The molecule has 0 unspecified atom stereocenters. The van der Waals surface area contributed by atoms with E-state index in [4.69, 9.17) is 11.6 Å². The van der Waals surface area contributed by atoms with Crippen molar-refractivity contribution in [1.29, 1.82) is 0 Å². The Morgan fingerprint density at radius 2 is 1.52 bits per heavy atom. The summed E-state index contributed by atoms with van der Waals surface area (Å²) in [6, 6.07) is 7.17. The maximum Gasteiger partial charge on any atom is 0.318 e. The largest absolute Gasteiger partial charge is 0.368 e. The number of rotatable bonds is 4. The molecule has 2 aliphatic heterocycles. The molecule has 7 heteroatoms. The highest BCUT2D eigenvalue weighted by Gasteiger charge is 2.32. The molecular formula is C20H29ClN4O2. The maximum atomic E-state index is 12.7. The second-order valence-corrected chi connectivity index (χ2v) is 8.09. The minimum absolute atomic E-state index is 0.0515. The third-order valence-corrected chi connectivity index (χ3v) is 5.64. The Hall–Kier alpha value is -1.95. The predicted octanol–water partition coefficient (Wildman–Crippen LogP) is 2.82. The molecule has 0 aromatic heterocycles. The highest BCUT2D eigenvalue weighted by atomic mass is 35.5. The Kier molecular flexibility index (Phi) is 6.47. The number of likely N-dealkylation sites (tertiary alicyclic amines) is 1. The van der Waals surface area contributed by atoms with Crippen LogP contribution in [0.3, 0.4) is 0 Å². The second kappa shape index (κ2) is 8.83. The second-order valence-electron chi connectivity index (χ2n) is 7.65. The number of hydrogen-bond donors (Lipinski definition) is 1. The fourth-order valence-electron chi connectivity index (χ4n) is 3.69. The minimum Gasteiger partial charge on any atom is -0.368 e. The van der Waals surface area contributed by atoms with Crippen LogP contribution in [0.2, 0.25) is 5.02 Å². The summed E-state index contributed by atoms with van der Waals surface area (Å²) in [5.41, 5.74) is 1.11. The normalized spacial score (nSPS) is 18.7. The number of nitrogens with one attached hydrogen (secondary N) is 1. The van der Waals surface area contributed by atoms with Crippen LogP contribution in [0.4, 0.5) is 10.5 Å². The molecule has 0 radical (unpaired) electrons. The molecule has 0 spiro atoms. The van der Waals surface area contributed by atoms with Gasteiger partial charge in [0.25, 0.3) is 0 Å². The number of carbonyl (C=O) groups is 2. The molecule has 3 rings (SSSR count). The molecule has 0 saturated carbocycles. The molecule has 2 aliphatic rings. The molecule has 0 bridgehead atoms. The summed E-state index contributed by atoms with van der Waals surface area (Å²) in [5, 5.41) is 3.71. The molecule has 2 heterocycles. The van der Waals surface area contributed by atoms with Gasteiger partial charge in [-0.1, -0.05) is 25.4 Å². The van der Waals surface area contributed by atoms with E-state index in [2.05, 4.69) is 10.2 Å². The number of hydrogen-bond acceptors (Lipinski definition) is 3. The molecule has 2 fully saturated rings. The van der Waals surface area contributed by atoms with Gasteiger partial charge in [-0.3, -0.25) is 4.79 Å². The fourth-order valence-corrected chi connectivity index (χ4v) is 3.82. The van der Waals surface area contributed by atoms with E-state index in [0.717, 1.165) is 49.7 Å². The van der Waals surface area contributed by atoms with Crippen molar-refractivity contribution in [2.24, 2.45) is 5.92 Å². The zero-order chi connectivity index (χ0) is 19.4. The zero-order valence-corrected chi connectivity index (χ0v) is 16.9. The summed E-state index contributed by atoms with van der Waals surface area (Å²) in [7, 11) is 0. The van der Waals surface area contributed by atoms with Gasteiger partial charge >= 0.3 is 6.03 Å². The van der Waals surface area contributed by atoms with E-state index in [1.165, 1.54) is 0 Å². The van der Waals surface area contributed by atoms with Gasteiger partial charge in [0.15, 0.2) is 0 Å². The van der Waals surface area contributed by atoms with Crippen LogP contribution in [0, 0.1) is 5.92 Å². The van der Waals surface area contributed by atoms with E-state index >= 15 is 0 Å². The quantitative estimate of drug-likeness (QED) is 0.857. The Balaban J connectivity index is 1.54. The van der Waals surface area contributed by atoms with Gasteiger partial charge < -0.3 is 20.0 Å². The number of carbonyl (C=O) groups excluding carboxylic acids is 2. The molecule has 1 atom stereocenters. The lowest BCUT2D eigenvalue weighted by Crippen LogP contribution is -2.57. The monoisotopic (exact) mass is 392 g/mol. The lowest BCUT2D eigenvalue weighted by molar-refractivity contribution is -0.133. The summed E-state index contributed by atoms with van der Waals surface area (Å²) in [5.74, 6) is 0.119. The van der Waals surface area contributed by atoms with Crippen molar-refractivity contribution in [3.05, 3.63) is 29.3 Å². The minimum atomic E-state index is -0.454. The van der Waals surface area contributed by atoms with Gasteiger partial charge in [-0.05, 0) is 43.0 Å². The van der Waals surface area contributed by atoms with Crippen molar-refractivity contribution in [1.82, 2.24) is 15.1 Å². The van der Waals surface area contributed by atoms with Crippen LogP contribution in [0.1, 0.15) is 26.7 Å². The van der Waals surface area contributed by atoms with Crippen LogP contribution in [0.15, 0.2) is 24.3 Å². The SMILES string of the molecule is CC(C)[C@H](NC(=O)N1CCN(c2ccc(Cl)cc2)CC1)C(=O)N1CCCC1. The molecule has 6 nitrogen and oxygen atoms in total. The number of nitrogens with zero attached hydrogens (tertiary/aromatic N) is 3. The first-order valence-electron chi connectivity index (χ1n) is 9.80. The van der Waals surface area contributed by atoms with Crippen LogP contribution in [-0.4, -0.2) is 67.0 Å². The predicted molar refractivity (Wildman–Crippen MR) is 108 cm³/mol. The number of piperazine rings is 1. The fraction of sp³-hybridized carbons (Fsp3) is 0.600. The first kappa shape index (κ1) is 19.8. The summed E-state index contributed by atoms with van der Waals surface area (Å²) in [6.07, 6.45) is 2.11. The van der Waals surface area contributed by atoms with E-state index in [1.807, 2.05) is 43.0 Å². The molecule has 3 amide bonds. The van der Waals surface area contributed by atoms with Gasteiger partial charge in [0.1, 0.15) is 6.04 Å². The highest BCUT2D eigenvalue weighted by Crippen LogP contribution is 2.20. The summed E-state index contributed by atoms with van der Waals surface area (Å²) >= 11 is 5.95. The van der Waals surface area contributed by atoms with Crippen LogP contribution in [-0.2, 0) is 4.79 Å². The smallest absolute Gasteiger partial charge is 0.318 e. The first-order chi connectivity index (χ1) is 13.0. The molecular weight excluding hydrogens is 364 g/mol. The van der Waals surface area contributed by atoms with E-state index in [1.54, 1.807) is 4.90 Å². The van der Waals surface area contributed by atoms with Crippen molar-refractivity contribution in [3.8, 4) is 0 Å².